The first-order valence-electron chi connectivity index (χ1n) is 8.86. The maximum Gasteiger partial charge on any atom is 0.279 e. The Labute approximate surface area is 156 Å². The third kappa shape index (κ3) is 3.38. The molecule has 27 heavy (non-hydrogen) atoms. The standard InChI is InChI=1S/C21H19FN4O/c1-14-12-15-6-3-5-9-19(15)26(14)21(27)18-10-11-20(25-24-18)23-13-16-7-2-4-8-17(16)22/h2-11,14H,12-13H2,1H3,(H,23,25). The number of nitrogens with zero attached hydrogens (tertiary/aromatic N) is 3. The molecule has 1 aliphatic rings. The number of hydrogen-bond donors (Lipinski definition) is 1. The third-order valence-corrected chi connectivity index (χ3v) is 4.73. The van der Waals surface area contributed by atoms with Gasteiger partial charge in [-0.05, 0) is 43.2 Å². The first kappa shape index (κ1) is 17.1. The summed E-state index contributed by atoms with van der Waals surface area (Å²) in [5.41, 5.74) is 2.92. The number of nitrogens with one attached hydrogen (secondary N) is 1. The van der Waals surface area contributed by atoms with Gasteiger partial charge in [-0.15, -0.1) is 10.2 Å². The smallest absolute Gasteiger partial charge is 0.279 e. The van der Waals surface area contributed by atoms with Crippen LogP contribution >= 0.6 is 0 Å². The number of fused-ring (bicyclic) bond motifs is 1. The highest BCUT2D eigenvalue weighted by molar-refractivity contribution is 6.06. The fraction of sp³-hybridized carbons (Fsp3) is 0.190. The van der Waals surface area contributed by atoms with Gasteiger partial charge in [0.05, 0.1) is 0 Å². The van der Waals surface area contributed by atoms with Crippen LogP contribution in [-0.2, 0) is 13.0 Å². The van der Waals surface area contributed by atoms with Crippen molar-refractivity contribution in [1.82, 2.24) is 10.2 Å². The van der Waals surface area contributed by atoms with E-state index in [4.69, 9.17) is 0 Å². The van der Waals surface area contributed by atoms with Crippen LogP contribution < -0.4 is 10.2 Å². The molecule has 1 amide bonds. The van der Waals surface area contributed by atoms with Gasteiger partial charge in [0.15, 0.2) is 5.69 Å². The number of aromatic nitrogens is 2. The Morgan fingerprint density at radius 2 is 1.89 bits per heavy atom. The Bertz CT molecular complexity index is 974. The van der Waals surface area contributed by atoms with Crippen LogP contribution in [0.15, 0.2) is 60.7 Å². The highest BCUT2D eigenvalue weighted by Crippen LogP contribution is 2.32. The molecule has 0 aliphatic carbocycles. The minimum Gasteiger partial charge on any atom is -0.364 e. The summed E-state index contributed by atoms with van der Waals surface area (Å²) in [5, 5.41) is 11.2. The summed E-state index contributed by atoms with van der Waals surface area (Å²) in [6, 6.07) is 17.9. The van der Waals surface area contributed by atoms with Crippen molar-refractivity contribution in [1.29, 1.82) is 0 Å². The number of halogens is 1. The number of amides is 1. The minimum atomic E-state index is -0.272. The predicted molar refractivity (Wildman–Crippen MR) is 102 cm³/mol. The summed E-state index contributed by atoms with van der Waals surface area (Å²) in [7, 11) is 0. The lowest BCUT2D eigenvalue weighted by Crippen LogP contribution is -2.36. The fourth-order valence-corrected chi connectivity index (χ4v) is 3.37. The van der Waals surface area contributed by atoms with Crippen LogP contribution in [0, 0.1) is 5.82 Å². The zero-order valence-electron chi connectivity index (χ0n) is 14.9. The van der Waals surface area contributed by atoms with Crippen LogP contribution in [0.25, 0.3) is 0 Å². The van der Waals surface area contributed by atoms with E-state index in [-0.39, 0.29) is 23.5 Å². The summed E-state index contributed by atoms with van der Waals surface area (Å²) in [5.74, 6) is 0.0525. The van der Waals surface area contributed by atoms with E-state index in [1.807, 2.05) is 31.2 Å². The molecule has 3 aromatic rings. The van der Waals surface area contributed by atoms with Gasteiger partial charge in [-0.2, -0.15) is 0 Å². The van der Waals surface area contributed by atoms with E-state index < -0.39 is 0 Å². The van der Waals surface area contributed by atoms with Crippen LogP contribution in [0.2, 0.25) is 0 Å². The lowest BCUT2D eigenvalue weighted by molar-refractivity contribution is 0.0975. The molecular formula is C21H19FN4O. The summed E-state index contributed by atoms with van der Waals surface area (Å²) in [6.07, 6.45) is 0.831. The maximum absolute atomic E-state index is 13.7. The Balaban J connectivity index is 1.48. The largest absolute Gasteiger partial charge is 0.364 e. The molecule has 1 N–H and O–H groups in total. The second kappa shape index (κ2) is 7.15. The summed E-state index contributed by atoms with van der Waals surface area (Å²) >= 11 is 0. The van der Waals surface area contributed by atoms with Crippen LogP contribution in [-0.4, -0.2) is 22.1 Å². The Hall–Kier alpha value is -3.28. The van der Waals surface area contributed by atoms with Crippen LogP contribution in [0.5, 0.6) is 0 Å². The van der Waals surface area contributed by atoms with Gasteiger partial charge in [0.1, 0.15) is 11.6 Å². The first-order valence-corrected chi connectivity index (χ1v) is 8.86. The summed E-state index contributed by atoms with van der Waals surface area (Å²) in [4.78, 5) is 14.7. The molecule has 6 heteroatoms. The molecule has 0 saturated heterocycles. The molecule has 0 fully saturated rings. The zero-order valence-corrected chi connectivity index (χ0v) is 14.9. The Morgan fingerprint density at radius 3 is 2.67 bits per heavy atom. The van der Waals surface area contributed by atoms with Crippen LogP contribution in [0.4, 0.5) is 15.9 Å². The zero-order chi connectivity index (χ0) is 18.8. The average molecular weight is 362 g/mol. The van der Waals surface area contributed by atoms with Crippen molar-refractivity contribution in [2.45, 2.75) is 25.9 Å². The van der Waals surface area contributed by atoms with Gasteiger partial charge in [0.2, 0.25) is 0 Å². The highest BCUT2D eigenvalue weighted by atomic mass is 19.1. The van der Waals surface area contributed by atoms with Gasteiger partial charge in [0, 0.05) is 23.8 Å². The SMILES string of the molecule is CC1Cc2ccccc2N1C(=O)c1ccc(NCc2ccccc2F)nn1. The molecule has 4 rings (SSSR count). The number of para-hydroxylation sites is 1. The predicted octanol–water partition coefficient (Wildman–Crippen LogP) is 3.82. The molecule has 0 bridgehead atoms. The number of hydrogen-bond acceptors (Lipinski definition) is 4. The second-order valence-electron chi connectivity index (χ2n) is 6.61. The number of anilines is 2. The maximum atomic E-state index is 13.7. The van der Waals surface area contributed by atoms with Gasteiger partial charge in [-0.25, -0.2) is 4.39 Å². The lowest BCUT2D eigenvalue weighted by atomic mass is 10.1. The highest BCUT2D eigenvalue weighted by Gasteiger charge is 2.31. The molecule has 0 saturated carbocycles. The van der Waals surface area contributed by atoms with Crippen molar-refractivity contribution < 1.29 is 9.18 Å². The Morgan fingerprint density at radius 1 is 1.11 bits per heavy atom. The van der Waals surface area contributed by atoms with Gasteiger partial charge in [-0.3, -0.25) is 4.79 Å². The normalized spacial score (nSPS) is 15.5. The van der Waals surface area contributed by atoms with Crippen molar-refractivity contribution in [3.05, 3.63) is 83.3 Å². The third-order valence-electron chi connectivity index (χ3n) is 4.73. The van der Waals surface area contributed by atoms with Crippen molar-refractivity contribution in [3.63, 3.8) is 0 Å². The van der Waals surface area contributed by atoms with Crippen molar-refractivity contribution in [2.75, 3.05) is 10.2 Å². The average Bonchev–Trinajstić information content (AvgIpc) is 3.03. The molecule has 1 atom stereocenters. The number of rotatable bonds is 4. The van der Waals surface area contributed by atoms with E-state index >= 15 is 0 Å². The molecule has 5 nitrogen and oxygen atoms in total. The van der Waals surface area contributed by atoms with E-state index in [9.17, 15) is 9.18 Å². The molecule has 0 radical (unpaired) electrons. The van der Waals surface area contributed by atoms with E-state index in [2.05, 4.69) is 15.5 Å². The van der Waals surface area contributed by atoms with Gasteiger partial charge >= 0.3 is 0 Å². The molecule has 136 valence electrons. The van der Waals surface area contributed by atoms with Gasteiger partial charge in [-0.1, -0.05) is 36.4 Å². The second-order valence-corrected chi connectivity index (χ2v) is 6.61. The van der Waals surface area contributed by atoms with Crippen LogP contribution in [0.1, 0.15) is 28.5 Å². The van der Waals surface area contributed by atoms with E-state index in [0.29, 0.717) is 17.9 Å². The molecule has 1 aliphatic heterocycles. The molecular weight excluding hydrogens is 343 g/mol. The minimum absolute atomic E-state index is 0.0792. The quantitative estimate of drug-likeness (QED) is 0.767. The molecule has 0 spiro atoms. The topological polar surface area (TPSA) is 58.1 Å². The Kier molecular flexibility index (Phi) is 4.54. The van der Waals surface area contributed by atoms with Gasteiger partial charge < -0.3 is 10.2 Å². The monoisotopic (exact) mass is 362 g/mol. The van der Waals surface area contributed by atoms with E-state index in [0.717, 1.165) is 17.7 Å². The summed E-state index contributed by atoms with van der Waals surface area (Å²) in [6.45, 7) is 2.32. The van der Waals surface area contributed by atoms with Crippen molar-refractivity contribution in [2.24, 2.45) is 0 Å². The lowest BCUT2D eigenvalue weighted by Gasteiger charge is -2.22. The molecule has 2 heterocycles. The number of carbonyl (C=O) groups is 1. The molecule has 2 aromatic carbocycles. The fourth-order valence-electron chi connectivity index (χ4n) is 3.37. The van der Waals surface area contributed by atoms with Gasteiger partial charge in [0.25, 0.3) is 5.91 Å². The van der Waals surface area contributed by atoms with Crippen molar-refractivity contribution in [3.8, 4) is 0 Å². The van der Waals surface area contributed by atoms with E-state index in [1.165, 1.54) is 6.07 Å². The molecule has 1 aromatic heterocycles. The molecule has 1 unspecified atom stereocenters. The summed E-state index contributed by atoms with van der Waals surface area (Å²) < 4.78 is 13.7. The van der Waals surface area contributed by atoms with E-state index in [1.54, 1.807) is 35.2 Å². The van der Waals surface area contributed by atoms with Crippen LogP contribution in [0.3, 0.4) is 0 Å². The van der Waals surface area contributed by atoms with Crippen molar-refractivity contribution >= 4 is 17.4 Å². The number of carbonyl (C=O) groups excluding carboxylic acids is 1. The number of benzene rings is 2. The first-order chi connectivity index (χ1) is 13.1.